The van der Waals surface area contributed by atoms with E-state index in [1.165, 1.54) is 25.1 Å². The van der Waals surface area contributed by atoms with E-state index in [0.717, 1.165) is 0 Å². The number of nitro groups is 1. The molecule has 1 rings (SSSR count). The summed E-state index contributed by atoms with van der Waals surface area (Å²) < 4.78 is 0. The number of nitro benzene ring substituents is 1. The van der Waals surface area contributed by atoms with E-state index in [1.807, 2.05) is 0 Å². The van der Waals surface area contributed by atoms with Crippen molar-refractivity contribution >= 4 is 23.2 Å². The third-order valence-electron chi connectivity index (χ3n) is 2.70. The third kappa shape index (κ3) is 4.75. The minimum Gasteiger partial charge on any atom is -0.372 e. The zero-order valence-electron chi connectivity index (χ0n) is 12.2. The third-order valence-corrected chi connectivity index (χ3v) is 2.70. The van der Waals surface area contributed by atoms with Crippen molar-refractivity contribution in [2.45, 2.75) is 6.92 Å². The van der Waals surface area contributed by atoms with Gasteiger partial charge in [-0.2, -0.15) is 0 Å². The molecule has 0 bridgehead atoms. The molecule has 8 heteroatoms. The van der Waals surface area contributed by atoms with E-state index in [1.54, 1.807) is 19.0 Å². The second kappa shape index (κ2) is 7.22. The molecule has 0 fully saturated rings. The molecule has 0 heterocycles. The zero-order chi connectivity index (χ0) is 16.0. The van der Waals surface area contributed by atoms with Gasteiger partial charge < -0.3 is 15.5 Å². The van der Waals surface area contributed by atoms with Gasteiger partial charge in [0.05, 0.1) is 4.92 Å². The predicted octanol–water partition coefficient (Wildman–Crippen LogP) is 0.527. The van der Waals surface area contributed by atoms with Gasteiger partial charge in [0, 0.05) is 45.7 Å². The number of rotatable bonds is 6. The molecule has 0 aromatic heterocycles. The summed E-state index contributed by atoms with van der Waals surface area (Å²) in [6, 6.07) is 4.29. The molecule has 0 aliphatic rings. The van der Waals surface area contributed by atoms with Gasteiger partial charge in [-0.05, 0) is 12.1 Å². The summed E-state index contributed by atoms with van der Waals surface area (Å²) in [6.45, 7) is 1.94. The Hall–Kier alpha value is -2.64. The van der Waals surface area contributed by atoms with E-state index in [9.17, 15) is 19.7 Å². The van der Waals surface area contributed by atoms with Crippen molar-refractivity contribution in [3.05, 3.63) is 33.9 Å². The van der Waals surface area contributed by atoms with E-state index in [-0.39, 0.29) is 23.7 Å². The fourth-order valence-corrected chi connectivity index (χ4v) is 1.71. The average molecular weight is 294 g/mol. The fraction of sp³-hybridized carbons (Fsp3) is 0.385. The lowest BCUT2D eigenvalue weighted by Gasteiger charge is -2.13. The number of benzene rings is 1. The number of nitrogens with zero attached hydrogens (tertiary/aromatic N) is 2. The first-order valence-electron chi connectivity index (χ1n) is 6.31. The van der Waals surface area contributed by atoms with Gasteiger partial charge in [0.25, 0.3) is 11.6 Å². The molecule has 0 aliphatic heterocycles. The van der Waals surface area contributed by atoms with Crippen LogP contribution in [0.5, 0.6) is 0 Å². The van der Waals surface area contributed by atoms with Gasteiger partial charge in [-0.25, -0.2) is 0 Å². The Bertz CT molecular complexity index is 557. The van der Waals surface area contributed by atoms with E-state index in [0.29, 0.717) is 12.2 Å². The Morgan fingerprint density at radius 2 is 1.86 bits per heavy atom. The Morgan fingerprint density at radius 1 is 1.24 bits per heavy atom. The van der Waals surface area contributed by atoms with Crippen molar-refractivity contribution in [1.29, 1.82) is 0 Å². The van der Waals surface area contributed by atoms with Crippen molar-refractivity contribution in [1.82, 2.24) is 10.6 Å². The van der Waals surface area contributed by atoms with Gasteiger partial charge >= 0.3 is 0 Å². The number of carbonyl (C=O) groups is 2. The van der Waals surface area contributed by atoms with Crippen LogP contribution in [0.2, 0.25) is 0 Å². The van der Waals surface area contributed by atoms with Crippen molar-refractivity contribution in [2.75, 3.05) is 32.1 Å². The standard InChI is InChI=1S/C13H18N4O4/c1-9(18)14-6-7-15-13(19)10-4-5-11(16(2)3)12(8-10)17(20)21/h4-5,8H,6-7H2,1-3H3,(H,14,18)(H,15,19). The molecule has 0 unspecified atom stereocenters. The SMILES string of the molecule is CC(=O)NCCNC(=O)c1ccc(N(C)C)c([N+](=O)[O-])c1. The number of carbonyl (C=O) groups excluding carboxylic acids is 2. The Kier molecular flexibility index (Phi) is 5.65. The molecule has 114 valence electrons. The van der Waals surface area contributed by atoms with Crippen LogP contribution in [-0.4, -0.2) is 43.9 Å². The van der Waals surface area contributed by atoms with Gasteiger partial charge in [0.2, 0.25) is 5.91 Å². The van der Waals surface area contributed by atoms with Crippen LogP contribution < -0.4 is 15.5 Å². The highest BCUT2D eigenvalue weighted by molar-refractivity contribution is 5.95. The minimum absolute atomic E-state index is 0.130. The highest BCUT2D eigenvalue weighted by Gasteiger charge is 2.18. The first kappa shape index (κ1) is 16.4. The molecule has 0 saturated carbocycles. The van der Waals surface area contributed by atoms with Crippen LogP contribution >= 0.6 is 0 Å². The molecule has 2 N–H and O–H groups in total. The van der Waals surface area contributed by atoms with E-state index in [4.69, 9.17) is 0 Å². The van der Waals surface area contributed by atoms with Crippen LogP contribution in [-0.2, 0) is 4.79 Å². The largest absolute Gasteiger partial charge is 0.372 e. The van der Waals surface area contributed by atoms with E-state index >= 15 is 0 Å². The fourth-order valence-electron chi connectivity index (χ4n) is 1.71. The molecule has 8 nitrogen and oxygen atoms in total. The van der Waals surface area contributed by atoms with Gasteiger partial charge in [-0.1, -0.05) is 0 Å². The normalized spacial score (nSPS) is 9.86. The maximum atomic E-state index is 11.9. The molecule has 1 aromatic rings. The van der Waals surface area contributed by atoms with Crippen LogP contribution in [0.1, 0.15) is 17.3 Å². The molecule has 0 saturated heterocycles. The first-order valence-corrected chi connectivity index (χ1v) is 6.31. The summed E-state index contributed by atoms with van der Waals surface area (Å²) in [5.74, 6) is -0.607. The van der Waals surface area contributed by atoms with Crippen molar-refractivity contribution in [3.63, 3.8) is 0 Å². The number of nitrogens with one attached hydrogen (secondary N) is 2. The van der Waals surface area contributed by atoms with Gasteiger partial charge in [0.15, 0.2) is 0 Å². The smallest absolute Gasteiger partial charge is 0.293 e. The maximum absolute atomic E-state index is 11.9. The highest BCUT2D eigenvalue weighted by Crippen LogP contribution is 2.27. The molecule has 21 heavy (non-hydrogen) atoms. The molecular formula is C13H18N4O4. The Labute approximate surface area is 122 Å². The second-order valence-electron chi connectivity index (χ2n) is 4.59. The lowest BCUT2D eigenvalue weighted by Crippen LogP contribution is -2.33. The molecule has 0 aliphatic carbocycles. The number of hydrogen-bond donors (Lipinski definition) is 2. The van der Waals surface area contributed by atoms with Crippen molar-refractivity contribution in [2.24, 2.45) is 0 Å². The molecule has 0 radical (unpaired) electrons. The van der Waals surface area contributed by atoms with Gasteiger partial charge in [0.1, 0.15) is 5.69 Å². The highest BCUT2D eigenvalue weighted by atomic mass is 16.6. The molecule has 0 spiro atoms. The summed E-state index contributed by atoms with van der Waals surface area (Å²) in [5, 5.41) is 16.2. The quantitative estimate of drug-likeness (QED) is 0.452. The Morgan fingerprint density at radius 3 is 2.38 bits per heavy atom. The molecule has 1 aromatic carbocycles. The summed E-state index contributed by atoms with van der Waals surface area (Å²) >= 11 is 0. The Balaban J connectivity index is 2.79. The topological polar surface area (TPSA) is 105 Å². The second-order valence-corrected chi connectivity index (χ2v) is 4.59. The summed E-state index contributed by atoms with van der Waals surface area (Å²) in [6.07, 6.45) is 0. The summed E-state index contributed by atoms with van der Waals surface area (Å²) in [7, 11) is 3.38. The van der Waals surface area contributed by atoms with Gasteiger partial charge in [-0.3, -0.25) is 19.7 Å². The van der Waals surface area contributed by atoms with Gasteiger partial charge in [-0.15, -0.1) is 0 Å². The lowest BCUT2D eigenvalue weighted by atomic mass is 10.1. The van der Waals surface area contributed by atoms with Crippen molar-refractivity contribution in [3.8, 4) is 0 Å². The predicted molar refractivity (Wildman–Crippen MR) is 78.4 cm³/mol. The average Bonchev–Trinajstić information content (AvgIpc) is 2.42. The summed E-state index contributed by atoms with van der Waals surface area (Å²) in [4.78, 5) is 34.7. The van der Waals surface area contributed by atoms with Crippen LogP contribution in [0.15, 0.2) is 18.2 Å². The zero-order valence-corrected chi connectivity index (χ0v) is 12.2. The molecule has 0 atom stereocenters. The first-order chi connectivity index (χ1) is 9.82. The van der Waals surface area contributed by atoms with Crippen LogP contribution in [0, 0.1) is 10.1 Å². The maximum Gasteiger partial charge on any atom is 0.293 e. The minimum atomic E-state index is -0.524. The van der Waals surface area contributed by atoms with Crippen LogP contribution in [0.25, 0.3) is 0 Å². The molecule has 2 amide bonds. The number of hydrogen-bond acceptors (Lipinski definition) is 5. The molecular weight excluding hydrogens is 276 g/mol. The van der Waals surface area contributed by atoms with Crippen LogP contribution in [0.3, 0.4) is 0 Å². The van der Waals surface area contributed by atoms with E-state index in [2.05, 4.69) is 10.6 Å². The number of amides is 2. The van der Waals surface area contributed by atoms with Crippen molar-refractivity contribution < 1.29 is 14.5 Å². The van der Waals surface area contributed by atoms with E-state index < -0.39 is 10.8 Å². The monoisotopic (exact) mass is 294 g/mol. The van der Waals surface area contributed by atoms with Crippen LogP contribution in [0.4, 0.5) is 11.4 Å². The lowest BCUT2D eigenvalue weighted by molar-refractivity contribution is -0.384. The summed E-state index contributed by atoms with van der Waals surface area (Å²) in [5.41, 5.74) is 0.499. The number of anilines is 1.